The van der Waals surface area contributed by atoms with E-state index in [2.05, 4.69) is 35.8 Å². The second-order valence-corrected chi connectivity index (χ2v) is 7.69. The molecule has 2 heterocycles. The molecular formula is C21H32N2O2. The number of amides is 1. The molecule has 1 atom stereocenters. The Morgan fingerprint density at radius 2 is 1.76 bits per heavy atom. The van der Waals surface area contributed by atoms with Crippen molar-refractivity contribution in [2.24, 2.45) is 5.92 Å². The van der Waals surface area contributed by atoms with Crippen molar-refractivity contribution < 1.29 is 9.53 Å². The van der Waals surface area contributed by atoms with Crippen LogP contribution in [0.4, 0.5) is 0 Å². The highest BCUT2D eigenvalue weighted by atomic mass is 16.5. The van der Waals surface area contributed by atoms with E-state index >= 15 is 0 Å². The Balaban J connectivity index is 1.65. The molecule has 0 N–H and O–H groups in total. The van der Waals surface area contributed by atoms with E-state index in [4.69, 9.17) is 4.74 Å². The summed E-state index contributed by atoms with van der Waals surface area (Å²) in [5.41, 5.74) is 1.15. The first-order valence-corrected chi connectivity index (χ1v) is 9.82. The zero-order valence-electron chi connectivity index (χ0n) is 15.7. The topological polar surface area (TPSA) is 32.8 Å². The van der Waals surface area contributed by atoms with Crippen molar-refractivity contribution in [2.45, 2.75) is 45.1 Å². The van der Waals surface area contributed by atoms with Crippen LogP contribution in [0.3, 0.4) is 0 Å². The van der Waals surface area contributed by atoms with Gasteiger partial charge in [-0.2, -0.15) is 0 Å². The Morgan fingerprint density at radius 3 is 2.44 bits per heavy atom. The molecule has 25 heavy (non-hydrogen) atoms. The highest BCUT2D eigenvalue weighted by Crippen LogP contribution is 2.27. The van der Waals surface area contributed by atoms with E-state index in [9.17, 15) is 4.79 Å². The molecule has 138 valence electrons. The fourth-order valence-corrected chi connectivity index (χ4v) is 4.24. The maximum Gasteiger partial charge on any atom is 0.230 e. The van der Waals surface area contributed by atoms with Crippen LogP contribution in [0, 0.1) is 5.92 Å². The van der Waals surface area contributed by atoms with E-state index in [-0.39, 0.29) is 5.92 Å². The molecule has 2 fully saturated rings. The van der Waals surface area contributed by atoms with E-state index in [1.165, 1.54) is 0 Å². The first-order chi connectivity index (χ1) is 12.2. The van der Waals surface area contributed by atoms with Crippen LogP contribution in [0.2, 0.25) is 0 Å². The molecule has 0 bridgehead atoms. The minimum atomic E-state index is -0.0316. The normalized spacial score (nSPS) is 22.0. The van der Waals surface area contributed by atoms with Crippen molar-refractivity contribution in [2.75, 3.05) is 39.4 Å². The maximum atomic E-state index is 13.3. The Labute approximate surface area is 152 Å². The molecule has 0 spiro atoms. The second kappa shape index (κ2) is 8.81. The minimum Gasteiger partial charge on any atom is -0.381 e. The summed E-state index contributed by atoms with van der Waals surface area (Å²) in [6.45, 7) is 9.91. The van der Waals surface area contributed by atoms with Gasteiger partial charge in [-0.3, -0.25) is 9.69 Å². The maximum absolute atomic E-state index is 13.3. The van der Waals surface area contributed by atoms with Crippen LogP contribution in [-0.2, 0) is 9.53 Å². The van der Waals surface area contributed by atoms with Crippen molar-refractivity contribution in [3.8, 4) is 0 Å². The predicted molar refractivity (Wildman–Crippen MR) is 101 cm³/mol. The van der Waals surface area contributed by atoms with Crippen LogP contribution in [-0.4, -0.2) is 61.1 Å². The molecule has 1 amide bonds. The molecular weight excluding hydrogens is 312 g/mol. The molecule has 3 rings (SSSR count). The largest absolute Gasteiger partial charge is 0.381 e. The molecule has 4 nitrogen and oxygen atoms in total. The molecule has 0 radical (unpaired) electrons. The van der Waals surface area contributed by atoms with Gasteiger partial charge >= 0.3 is 0 Å². The average Bonchev–Trinajstić information content (AvgIpc) is 2.89. The average molecular weight is 344 g/mol. The van der Waals surface area contributed by atoms with Gasteiger partial charge < -0.3 is 9.64 Å². The summed E-state index contributed by atoms with van der Waals surface area (Å²) in [5, 5.41) is 0. The first kappa shape index (κ1) is 18.4. The summed E-state index contributed by atoms with van der Waals surface area (Å²) in [7, 11) is 0. The molecule has 0 saturated carbocycles. The number of nitrogens with zero attached hydrogens (tertiary/aromatic N) is 2. The minimum absolute atomic E-state index is 0.0316. The monoisotopic (exact) mass is 344 g/mol. The summed E-state index contributed by atoms with van der Waals surface area (Å²) in [6.07, 6.45) is 3.34. The molecule has 2 aliphatic rings. The number of carbonyl (C=O) groups excluding carboxylic acids is 1. The number of carbonyl (C=O) groups is 1. The SMILES string of the molecule is CC(C)[C@@H](C(=O)N1CCCN(C2CCOCC2)CC1)c1ccccc1. The number of benzene rings is 1. The van der Waals surface area contributed by atoms with Crippen molar-refractivity contribution >= 4 is 5.91 Å². The van der Waals surface area contributed by atoms with E-state index < -0.39 is 0 Å². The van der Waals surface area contributed by atoms with Crippen LogP contribution in [0.15, 0.2) is 30.3 Å². The summed E-state index contributed by atoms with van der Waals surface area (Å²) in [6, 6.07) is 10.9. The van der Waals surface area contributed by atoms with E-state index in [1.54, 1.807) is 0 Å². The Hall–Kier alpha value is -1.39. The van der Waals surface area contributed by atoms with Crippen LogP contribution in [0.25, 0.3) is 0 Å². The van der Waals surface area contributed by atoms with Gasteiger partial charge in [-0.25, -0.2) is 0 Å². The zero-order chi connectivity index (χ0) is 17.6. The van der Waals surface area contributed by atoms with Crippen LogP contribution >= 0.6 is 0 Å². The zero-order valence-corrected chi connectivity index (χ0v) is 15.7. The van der Waals surface area contributed by atoms with Crippen molar-refractivity contribution in [3.05, 3.63) is 35.9 Å². The third kappa shape index (κ3) is 4.62. The second-order valence-electron chi connectivity index (χ2n) is 7.69. The van der Waals surface area contributed by atoms with Crippen LogP contribution in [0.1, 0.15) is 44.6 Å². The lowest BCUT2D eigenvalue weighted by Gasteiger charge is -2.33. The Morgan fingerprint density at radius 1 is 1.04 bits per heavy atom. The number of hydrogen-bond acceptors (Lipinski definition) is 3. The summed E-state index contributed by atoms with van der Waals surface area (Å²) >= 11 is 0. The van der Waals surface area contributed by atoms with Gasteiger partial charge in [-0.15, -0.1) is 0 Å². The van der Waals surface area contributed by atoms with Gasteiger partial charge in [-0.05, 0) is 30.7 Å². The van der Waals surface area contributed by atoms with E-state index in [0.717, 1.165) is 64.2 Å². The third-order valence-corrected chi connectivity index (χ3v) is 5.64. The van der Waals surface area contributed by atoms with Gasteiger partial charge in [0.1, 0.15) is 0 Å². The summed E-state index contributed by atoms with van der Waals surface area (Å²) < 4.78 is 5.50. The highest BCUT2D eigenvalue weighted by Gasteiger charge is 2.31. The van der Waals surface area contributed by atoms with Crippen LogP contribution in [0.5, 0.6) is 0 Å². The quantitative estimate of drug-likeness (QED) is 0.841. The standard InChI is InChI=1S/C21H32N2O2/c1-17(2)20(18-7-4-3-5-8-18)21(24)23-12-6-11-22(13-14-23)19-9-15-25-16-10-19/h3-5,7-8,17,19-20H,6,9-16H2,1-2H3/t20-/m1/s1. The van der Waals surface area contributed by atoms with Gasteiger partial charge in [0.2, 0.25) is 5.91 Å². The Kier molecular flexibility index (Phi) is 6.49. The highest BCUT2D eigenvalue weighted by molar-refractivity contribution is 5.84. The van der Waals surface area contributed by atoms with E-state index in [0.29, 0.717) is 17.9 Å². The fourth-order valence-electron chi connectivity index (χ4n) is 4.24. The Bertz CT molecular complexity index is 540. The summed E-state index contributed by atoms with van der Waals surface area (Å²) in [5.74, 6) is 0.579. The van der Waals surface area contributed by atoms with Gasteiger partial charge in [-0.1, -0.05) is 44.2 Å². The van der Waals surface area contributed by atoms with Crippen LogP contribution < -0.4 is 0 Å². The van der Waals surface area contributed by atoms with Gasteiger partial charge in [0.05, 0.1) is 5.92 Å². The fraction of sp³-hybridized carbons (Fsp3) is 0.667. The predicted octanol–water partition coefficient (Wildman–Crippen LogP) is 3.14. The molecule has 2 aliphatic heterocycles. The lowest BCUT2D eigenvalue weighted by atomic mass is 9.87. The van der Waals surface area contributed by atoms with Crippen molar-refractivity contribution in [1.82, 2.24) is 9.80 Å². The lowest BCUT2D eigenvalue weighted by molar-refractivity contribution is -0.133. The van der Waals surface area contributed by atoms with Crippen molar-refractivity contribution in [3.63, 3.8) is 0 Å². The molecule has 0 aliphatic carbocycles. The molecule has 1 aromatic rings. The molecule has 1 aromatic carbocycles. The molecule has 0 aromatic heterocycles. The van der Waals surface area contributed by atoms with Gasteiger partial charge in [0.15, 0.2) is 0 Å². The smallest absolute Gasteiger partial charge is 0.230 e. The molecule has 0 unspecified atom stereocenters. The molecule has 2 saturated heterocycles. The van der Waals surface area contributed by atoms with Crippen molar-refractivity contribution in [1.29, 1.82) is 0 Å². The number of hydrogen-bond donors (Lipinski definition) is 0. The van der Waals surface area contributed by atoms with Gasteiger partial charge in [0, 0.05) is 45.4 Å². The number of rotatable bonds is 4. The van der Waals surface area contributed by atoms with Gasteiger partial charge in [0.25, 0.3) is 0 Å². The third-order valence-electron chi connectivity index (χ3n) is 5.64. The summed E-state index contributed by atoms with van der Waals surface area (Å²) in [4.78, 5) is 18.0. The number of ether oxygens (including phenoxy) is 1. The molecule has 4 heteroatoms. The first-order valence-electron chi connectivity index (χ1n) is 9.82. The van der Waals surface area contributed by atoms with E-state index in [1.807, 2.05) is 18.2 Å². The lowest BCUT2D eigenvalue weighted by Crippen LogP contribution is -2.43.